The largest absolute Gasteiger partial charge is 0.0561 e. The van der Waals surface area contributed by atoms with Crippen LogP contribution in [-0.4, -0.2) is 0 Å². The van der Waals surface area contributed by atoms with Crippen molar-refractivity contribution in [3.8, 4) is 22.3 Å². The zero-order valence-electron chi connectivity index (χ0n) is 37.4. The summed E-state index contributed by atoms with van der Waals surface area (Å²) in [7, 11) is 0. The molecule has 60 heavy (non-hydrogen) atoms. The first kappa shape index (κ1) is 37.1. The fraction of sp³-hybridized carbons (Fsp3) is 0.233. The second kappa shape index (κ2) is 12.3. The molecule has 0 saturated heterocycles. The van der Waals surface area contributed by atoms with E-state index < -0.39 is 0 Å². The van der Waals surface area contributed by atoms with Crippen molar-refractivity contribution >= 4 is 86.2 Å². The van der Waals surface area contributed by atoms with E-state index in [1.165, 1.54) is 153 Å². The molecular weight excluding hydrogens is 721 g/mol. The molecule has 0 aliphatic rings. The SMILES string of the molecule is Cc1cc(C)c(-c2ccc3c(c2)c2cc(C(C)(C)C)cc4c5ccc6c(cc7c8ccc(-c9c(C)cc(C)cc9C)cc8c8cc(C(C)(C)C)cc6c87)c5cc3c42)c(C)c1. The molecule has 0 heteroatoms. The molecule has 11 aromatic carbocycles. The summed E-state index contributed by atoms with van der Waals surface area (Å²) in [5.74, 6) is 0. The standard InChI is InChI=1S/C60H54/c1-31-19-33(3)55(34(4)20-31)37-13-15-41-45(23-37)51-27-39(59(7,8)9)25-49-43-17-18-44-48(47(43)29-53(41)57(49)51)30-54-42-16-14-38(56-35(5)21-32(2)22-36(56)6)24-46(42)52-28-40(60(10,11)12)26-50(44)58(52)54/h13-30H,1-12H3. The Morgan fingerprint density at radius 2 is 0.533 bits per heavy atom. The quantitative estimate of drug-likeness (QED) is 0.153. The molecule has 0 aromatic heterocycles. The van der Waals surface area contributed by atoms with E-state index in [0.29, 0.717) is 0 Å². The summed E-state index contributed by atoms with van der Waals surface area (Å²) in [6.45, 7) is 27.6. The van der Waals surface area contributed by atoms with Gasteiger partial charge in [-0.3, -0.25) is 0 Å². The van der Waals surface area contributed by atoms with Gasteiger partial charge in [-0.15, -0.1) is 0 Å². The lowest BCUT2D eigenvalue weighted by Gasteiger charge is -2.21. The average molecular weight is 775 g/mol. The smallest absolute Gasteiger partial charge is 0.00197 e. The van der Waals surface area contributed by atoms with Gasteiger partial charge in [0.1, 0.15) is 0 Å². The van der Waals surface area contributed by atoms with Gasteiger partial charge in [-0.1, -0.05) is 113 Å². The zero-order chi connectivity index (χ0) is 41.9. The van der Waals surface area contributed by atoms with Crippen LogP contribution in [0, 0.1) is 41.5 Å². The topological polar surface area (TPSA) is 0 Å². The van der Waals surface area contributed by atoms with Gasteiger partial charge in [-0.05, 0) is 243 Å². The summed E-state index contributed by atoms with van der Waals surface area (Å²) in [4.78, 5) is 0. The number of hydrogen-bond acceptors (Lipinski definition) is 0. The fourth-order valence-electron chi connectivity index (χ4n) is 11.4. The highest BCUT2D eigenvalue weighted by molar-refractivity contribution is 6.40. The van der Waals surface area contributed by atoms with Crippen LogP contribution in [0.1, 0.15) is 86.1 Å². The van der Waals surface area contributed by atoms with E-state index in [2.05, 4.69) is 192 Å². The lowest BCUT2D eigenvalue weighted by Crippen LogP contribution is -2.10. The minimum absolute atomic E-state index is 0.00549. The lowest BCUT2D eigenvalue weighted by molar-refractivity contribution is 0.591. The Labute approximate surface area is 354 Å². The molecule has 0 amide bonds. The lowest BCUT2D eigenvalue weighted by atomic mass is 9.83. The van der Waals surface area contributed by atoms with E-state index in [-0.39, 0.29) is 10.8 Å². The second-order valence-electron chi connectivity index (χ2n) is 20.6. The minimum Gasteiger partial charge on any atom is -0.0561 e. The first-order valence-corrected chi connectivity index (χ1v) is 21.9. The van der Waals surface area contributed by atoms with Crippen molar-refractivity contribution in [2.24, 2.45) is 0 Å². The minimum atomic E-state index is -0.00549. The predicted molar refractivity (Wildman–Crippen MR) is 266 cm³/mol. The van der Waals surface area contributed by atoms with Crippen LogP contribution in [-0.2, 0) is 10.8 Å². The number of fused-ring (bicyclic) bond motifs is 11. The maximum Gasteiger partial charge on any atom is -0.00197 e. The van der Waals surface area contributed by atoms with Crippen LogP contribution in [0.25, 0.3) is 108 Å². The zero-order valence-corrected chi connectivity index (χ0v) is 37.4. The maximum absolute atomic E-state index is 2.54. The van der Waals surface area contributed by atoms with Crippen LogP contribution in [0.4, 0.5) is 0 Å². The van der Waals surface area contributed by atoms with E-state index in [9.17, 15) is 0 Å². The van der Waals surface area contributed by atoms with Gasteiger partial charge >= 0.3 is 0 Å². The van der Waals surface area contributed by atoms with Gasteiger partial charge in [-0.25, -0.2) is 0 Å². The molecule has 0 N–H and O–H groups in total. The van der Waals surface area contributed by atoms with Gasteiger partial charge < -0.3 is 0 Å². The summed E-state index contributed by atoms with van der Waals surface area (Å²) in [5.41, 5.74) is 16.1. The highest BCUT2D eigenvalue weighted by Crippen LogP contribution is 2.50. The van der Waals surface area contributed by atoms with Crippen LogP contribution >= 0.6 is 0 Å². The highest BCUT2D eigenvalue weighted by atomic mass is 14.3. The summed E-state index contributed by atoms with van der Waals surface area (Å²) in [6, 6.07) is 43.8. The maximum atomic E-state index is 2.54. The van der Waals surface area contributed by atoms with Crippen LogP contribution < -0.4 is 0 Å². The molecule has 0 aliphatic heterocycles. The number of aryl methyl sites for hydroxylation is 6. The van der Waals surface area contributed by atoms with Crippen molar-refractivity contribution in [2.45, 2.75) is 93.9 Å². The molecule has 0 fully saturated rings. The van der Waals surface area contributed by atoms with Gasteiger partial charge in [0.25, 0.3) is 0 Å². The Morgan fingerprint density at radius 3 is 0.850 bits per heavy atom. The van der Waals surface area contributed by atoms with Crippen LogP contribution in [0.5, 0.6) is 0 Å². The van der Waals surface area contributed by atoms with E-state index in [4.69, 9.17) is 0 Å². The number of benzene rings is 9. The Kier molecular flexibility index (Phi) is 7.59. The summed E-state index contributed by atoms with van der Waals surface area (Å²) >= 11 is 0. The Morgan fingerprint density at radius 1 is 0.267 bits per heavy atom. The summed E-state index contributed by atoms with van der Waals surface area (Å²) < 4.78 is 0. The molecule has 11 aromatic rings. The van der Waals surface area contributed by atoms with Gasteiger partial charge in [-0.2, -0.15) is 0 Å². The van der Waals surface area contributed by atoms with Crippen molar-refractivity contribution in [3.63, 3.8) is 0 Å². The predicted octanol–water partition coefficient (Wildman–Crippen LogP) is 17.6. The molecule has 0 nitrogen and oxygen atoms in total. The van der Waals surface area contributed by atoms with Gasteiger partial charge in [0, 0.05) is 0 Å². The summed E-state index contributed by atoms with van der Waals surface area (Å²) in [5, 5.41) is 21.7. The van der Waals surface area contributed by atoms with Crippen molar-refractivity contribution in [1.82, 2.24) is 0 Å². The first-order chi connectivity index (χ1) is 28.5. The van der Waals surface area contributed by atoms with Crippen molar-refractivity contribution < 1.29 is 0 Å². The van der Waals surface area contributed by atoms with Gasteiger partial charge in [0.15, 0.2) is 0 Å². The third-order valence-electron chi connectivity index (χ3n) is 14.1. The van der Waals surface area contributed by atoms with Crippen LogP contribution in [0.3, 0.4) is 0 Å². The molecule has 0 atom stereocenters. The molecule has 0 saturated carbocycles. The third-order valence-corrected chi connectivity index (χ3v) is 14.1. The van der Waals surface area contributed by atoms with Crippen molar-refractivity contribution in [2.75, 3.05) is 0 Å². The highest BCUT2D eigenvalue weighted by Gasteiger charge is 2.25. The van der Waals surface area contributed by atoms with Crippen molar-refractivity contribution in [1.29, 1.82) is 0 Å². The number of rotatable bonds is 2. The Bertz CT molecular complexity index is 3360. The van der Waals surface area contributed by atoms with E-state index in [1.54, 1.807) is 0 Å². The molecule has 0 spiro atoms. The average Bonchev–Trinajstić information content (AvgIpc) is 3.65. The Balaban J connectivity index is 1.27. The molecule has 0 aliphatic carbocycles. The van der Waals surface area contributed by atoms with E-state index in [0.717, 1.165) is 0 Å². The fourth-order valence-corrected chi connectivity index (χ4v) is 11.4. The molecular formula is C60H54. The van der Waals surface area contributed by atoms with Crippen LogP contribution in [0.2, 0.25) is 0 Å². The second-order valence-corrected chi connectivity index (χ2v) is 20.6. The molecule has 0 radical (unpaired) electrons. The van der Waals surface area contributed by atoms with Crippen LogP contribution in [0.15, 0.2) is 109 Å². The van der Waals surface area contributed by atoms with E-state index in [1.807, 2.05) is 0 Å². The number of hydrogen-bond donors (Lipinski definition) is 0. The van der Waals surface area contributed by atoms with Crippen molar-refractivity contribution in [3.05, 3.63) is 154 Å². The summed E-state index contributed by atoms with van der Waals surface area (Å²) in [6.07, 6.45) is 0. The molecule has 11 rings (SSSR count). The van der Waals surface area contributed by atoms with Gasteiger partial charge in [0.2, 0.25) is 0 Å². The molecule has 0 bridgehead atoms. The monoisotopic (exact) mass is 774 g/mol. The first-order valence-electron chi connectivity index (χ1n) is 21.9. The van der Waals surface area contributed by atoms with E-state index >= 15 is 0 Å². The molecule has 294 valence electrons. The Hall–Kier alpha value is -5.98. The van der Waals surface area contributed by atoms with Gasteiger partial charge in [0.05, 0.1) is 0 Å². The molecule has 0 heterocycles. The normalized spacial score (nSPS) is 13.0. The third kappa shape index (κ3) is 5.22. The molecule has 0 unspecified atom stereocenters.